The summed E-state index contributed by atoms with van der Waals surface area (Å²) in [5.74, 6) is 1.61. The molecular weight excluding hydrogens is 372 g/mol. The van der Waals surface area contributed by atoms with Crippen molar-refractivity contribution in [3.63, 3.8) is 0 Å². The average molecular weight is 394 g/mol. The second-order valence-electron chi connectivity index (χ2n) is 7.48. The summed E-state index contributed by atoms with van der Waals surface area (Å²) in [6.07, 6.45) is 3.79. The van der Waals surface area contributed by atoms with Gasteiger partial charge in [0.15, 0.2) is 16.6 Å². The maximum atomic E-state index is 13.7. The van der Waals surface area contributed by atoms with Crippen molar-refractivity contribution >= 4 is 32.6 Å². The van der Waals surface area contributed by atoms with Crippen LogP contribution < -0.4 is 14.4 Å². The predicted molar refractivity (Wildman–Crippen MR) is 111 cm³/mol. The van der Waals surface area contributed by atoms with E-state index in [0.29, 0.717) is 13.2 Å². The average Bonchev–Trinajstić information content (AvgIpc) is 3.40. The van der Waals surface area contributed by atoms with Gasteiger partial charge in [-0.15, -0.1) is 0 Å². The molecule has 0 bridgehead atoms. The van der Waals surface area contributed by atoms with Crippen molar-refractivity contribution in [2.45, 2.75) is 31.1 Å². The Morgan fingerprint density at radius 2 is 1.82 bits per heavy atom. The minimum atomic E-state index is -0.525. The summed E-state index contributed by atoms with van der Waals surface area (Å²) in [6, 6.07) is 14.0. The fourth-order valence-electron chi connectivity index (χ4n) is 4.36. The summed E-state index contributed by atoms with van der Waals surface area (Å²) in [5.41, 5.74) is 1.43. The van der Waals surface area contributed by atoms with E-state index in [-0.39, 0.29) is 5.91 Å². The highest BCUT2D eigenvalue weighted by atomic mass is 32.1. The molecule has 1 aromatic heterocycles. The van der Waals surface area contributed by atoms with Gasteiger partial charge in [-0.2, -0.15) is 0 Å². The zero-order chi connectivity index (χ0) is 19.1. The number of fused-ring (bicyclic) bond motifs is 2. The second-order valence-corrected chi connectivity index (χ2v) is 8.49. The number of hydrogen-bond acceptors (Lipinski definition) is 5. The second kappa shape index (κ2) is 6.78. The molecule has 0 saturated heterocycles. The highest BCUT2D eigenvalue weighted by Crippen LogP contribution is 2.46. The standard InChI is InChI=1S/C22H22N2O3S/c1-24(21-23-16-6-2-3-7-19(16)28-21)20(25)22(10-4-5-11-22)15-8-9-17-18(14-15)27-13-12-26-17/h2-3,6-9,14H,4-5,10-13H2,1H3. The highest BCUT2D eigenvalue weighted by Gasteiger charge is 2.45. The number of likely N-dealkylation sites (N-methyl/N-ethyl adjacent to an activating group) is 1. The zero-order valence-corrected chi connectivity index (χ0v) is 16.6. The van der Waals surface area contributed by atoms with Gasteiger partial charge >= 0.3 is 0 Å². The van der Waals surface area contributed by atoms with Gasteiger partial charge in [0.05, 0.1) is 15.6 Å². The van der Waals surface area contributed by atoms with E-state index in [2.05, 4.69) is 4.98 Å². The molecule has 0 unspecified atom stereocenters. The van der Waals surface area contributed by atoms with Gasteiger partial charge in [-0.25, -0.2) is 4.98 Å². The lowest BCUT2D eigenvalue weighted by molar-refractivity contribution is -0.123. The van der Waals surface area contributed by atoms with Crippen molar-refractivity contribution in [2.24, 2.45) is 0 Å². The van der Waals surface area contributed by atoms with Gasteiger partial charge in [-0.05, 0) is 42.7 Å². The van der Waals surface area contributed by atoms with Crippen LogP contribution in [0.5, 0.6) is 11.5 Å². The number of benzene rings is 2. The number of anilines is 1. The summed E-state index contributed by atoms with van der Waals surface area (Å²) >= 11 is 1.56. The molecule has 5 rings (SSSR count). The molecule has 2 heterocycles. The number of thiazole rings is 1. The molecule has 1 aliphatic carbocycles. The number of carbonyl (C=O) groups excluding carboxylic acids is 1. The van der Waals surface area contributed by atoms with E-state index < -0.39 is 5.41 Å². The Bertz CT molecular complexity index is 1010. The van der Waals surface area contributed by atoms with Crippen molar-refractivity contribution in [3.8, 4) is 11.5 Å². The number of aromatic nitrogens is 1. The summed E-state index contributed by atoms with van der Waals surface area (Å²) in [5, 5.41) is 0.745. The molecule has 2 aliphatic rings. The Kier molecular flexibility index (Phi) is 4.23. The van der Waals surface area contributed by atoms with Crippen molar-refractivity contribution in [2.75, 3.05) is 25.2 Å². The van der Waals surface area contributed by atoms with Crippen LogP contribution in [0, 0.1) is 0 Å². The van der Waals surface area contributed by atoms with Crippen molar-refractivity contribution in [1.82, 2.24) is 4.98 Å². The topological polar surface area (TPSA) is 51.7 Å². The normalized spacial score (nSPS) is 17.6. The van der Waals surface area contributed by atoms with E-state index in [9.17, 15) is 4.79 Å². The minimum absolute atomic E-state index is 0.112. The third kappa shape index (κ3) is 2.75. The zero-order valence-electron chi connectivity index (χ0n) is 15.8. The molecule has 144 valence electrons. The van der Waals surface area contributed by atoms with Gasteiger partial charge in [-0.3, -0.25) is 9.69 Å². The predicted octanol–water partition coefficient (Wildman–Crippen LogP) is 4.54. The maximum Gasteiger partial charge on any atom is 0.239 e. The molecule has 0 spiro atoms. The molecule has 1 aliphatic heterocycles. The molecule has 1 fully saturated rings. The quantitative estimate of drug-likeness (QED) is 0.654. The Hall–Kier alpha value is -2.60. The number of hydrogen-bond donors (Lipinski definition) is 0. The first-order chi connectivity index (χ1) is 13.7. The summed E-state index contributed by atoms with van der Waals surface area (Å²) < 4.78 is 12.5. The third-order valence-electron chi connectivity index (χ3n) is 5.84. The number of amides is 1. The van der Waals surface area contributed by atoms with Crippen LogP contribution in [-0.2, 0) is 10.2 Å². The Balaban J connectivity index is 1.52. The van der Waals surface area contributed by atoms with E-state index in [0.717, 1.165) is 58.1 Å². The molecule has 1 saturated carbocycles. The van der Waals surface area contributed by atoms with Crippen LogP contribution in [0.4, 0.5) is 5.13 Å². The molecule has 0 N–H and O–H groups in total. The molecule has 28 heavy (non-hydrogen) atoms. The first-order valence-electron chi connectivity index (χ1n) is 9.71. The lowest BCUT2D eigenvalue weighted by Crippen LogP contribution is -2.44. The van der Waals surface area contributed by atoms with Crippen molar-refractivity contribution in [1.29, 1.82) is 0 Å². The molecule has 1 amide bonds. The molecule has 0 radical (unpaired) electrons. The fourth-order valence-corrected chi connectivity index (χ4v) is 5.28. The molecule has 5 nitrogen and oxygen atoms in total. The van der Waals surface area contributed by atoms with E-state index in [1.807, 2.05) is 49.5 Å². The molecule has 0 atom stereocenters. The number of nitrogens with zero attached hydrogens (tertiary/aromatic N) is 2. The lowest BCUT2D eigenvalue weighted by atomic mass is 9.77. The van der Waals surface area contributed by atoms with Gasteiger partial charge in [-0.1, -0.05) is 42.4 Å². The van der Waals surface area contributed by atoms with E-state index in [1.54, 1.807) is 16.2 Å². The van der Waals surface area contributed by atoms with Crippen molar-refractivity contribution in [3.05, 3.63) is 48.0 Å². The monoisotopic (exact) mass is 394 g/mol. The number of ether oxygens (including phenoxy) is 2. The Labute approximate surface area is 167 Å². The largest absolute Gasteiger partial charge is 0.486 e. The fraction of sp³-hybridized carbons (Fsp3) is 0.364. The first kappa shape index (κ1) is 17.5. The van der Waals surface area contributed by atoms with E-state index in [4.69, 9.17) is 9.47 Å². The minimum Gasteiger partial charge on any atom is -0.486 e. The Morgan fingerprint density at radius 1 is 1.07 bits per heavy atom. The molecule has 6 heteroatoms. The first-order valence-corrected chi connectivity index (χ1v) is 10.5. The lowest BCUT2D eigenvalue weighted by Gasteiger charge is -2.32. The van der Waals surface area contributed by atoms with Crippen molar-refractivity contribution < 1.29 is 14.3 Å². The van der Waals surface area contributed by atoms with Gasteiger partial charge < -0.3 is 9.47 Å². The van der Waals surface area contributed by atoms with Gasteiger partial charge in [0.1, 0.15) is 13.2 Å². The van der Waals surface area contributed by atoms with Crippen LogP contribution >= 0.6 is 11.3 Å². The highest BCUT2D eigenvalue weighted by molar-refractivity contribution is 7.22. The van der Waals surface area contributed by atoms with Gasteiger partial charge in [0.2, 0.25) is 5.91 Å². The van der Waals surface area contributed by atoms with Crippen LogP contribution in [0.25, 0.3) is 10.2 Å². The Morgan fingerprint density at radius 3 is 2.61 bits per heavy atom. The molecule has 2 aromatic carbocycles. The van der Waals surface area contributed by atoms with Crippen LogP contribution in [0.15, 0.2) is 42.5 Å². The number of para-hydroxylation sites is 1. The van der Waals surface area contributed by atoms with Gasteiger partial charge in [0.25, 0.3) is 0 Å². The number of rotatable bonds is 3. The summed E-state index contributed by atoms with van der Waals surface area (Å²) in [7, 11) is 1.85. The van der Waals surface area contributed by atoms with Gasteiger partial charge in [0, 0.05) is 7.05 Å². The van der Waals surface area contributed by atoms with E-state index >= 15 is 0 Å². The molecule has 3 aromatic rings. The van der Waals surface area contributed by atoms with Crippen LogP contribution in [0.1, 0.15) is 31.2 Å². The molecular formula is C22H22N2O3S. The smallest absolute Gasteiger partial charge is 0.239 e. The van der Waals surface area contributed by atoms with Crippen LogP contribution in [0.2, 0.25) is 0 Å². The summed E-state index contributed by atoms with van der Waals surface area (Å²) in [4.78, 5) is 20.2. The van der Waals surface area contributed by atoms with E-state index in [1.165, 1.54) is 0 Å². The maximum absolute atomic E-state index is 13.7. The number of carbonyl (C=O) groups is 1. The van der Waals surface area contributed by atoms with Crippen LogP contribution in [-0.4, -0.2) is 31.2 Å². The summed E-state index contributed by atoms with van der Waals surface area (Å²) in [6.45, 7) is 1.11. The third-order valence-corrected chi connectivity index (χ3v) is 6.95. The van der Waals surface area contributed by atoms with Crippen LogP contribution in [0.3, 0.4) is 0 Å². The SMILES string of the molecule is CN(C(=O)C1(c2ccc3c(c2)OCCO3)CCCC1)c1nc2ccccc2s1.